The van der Waals surface area contributed by atoms with Gasteiger partial charge in [0, 0.05) is 12.4 Å². The first-order valence-corrected chi connectivity index (χ1v) is 7.11. The highest BCUT2D eigenvalue weighted by Gasteiger charge is 2.10. The predicted octanol–water partition coefficient (Wildman–Crippen LogP) is 1.77. The number of aromatic nitrogens is 4. The molecule has 21 heavy (non-hydrogen) atoms. The molecule has 0 aliphatic heterocycles. The average molecular weight is 291 g/mol. The van der Waals surface area contributed by atoms with E-state index in [-0.39, 0.29) is 19.1 Å². The van der Waals surface area contributed by atoms with Gasteiger partial charge in [-0.1, -0.05) is 13.8 Å². The van der Waals surface area contributed by atoms with Gasteiger partial charge in [-0.2, -0.15) is 10.2 Å². The van der Waals surface area contributed by atoms with Gasteiger partial charge >= 0.3 is 5.97 Å². The fraction of sp³-hybridized carbons (Fsp3) is 0.500. The number of rotatable bonds is 7. The van der Waals surface area contributed by atoms with Crippen LogP contribution >= 0.6 is 0 Å². The molecule has 0 aliphatic carbocycles. The Balaban J connectivity index is 1.84. The van der Waals surface area contributed by atoms with E-state index in [9.17, 15) is 4.79 Å². The Morgan fingerprint density at radius 1 is 1.29 bits per heavy atom. The lowest BCUT2D eigenvalue weighted by atomic mass is 10.2. The van der Waals surface area contributed by atoms with Crippen LogP contribution in [0, 0.1) is 0 Å². The molecule has 0 fully saturated rings. The number of nitrogens with two attached hydrogens (primary N) is 1. The van der Waals surface area contributed by atoms with Crippen molar-refractivity contribution in [3.63, 3.8) is 0 Å². The number of anilines is 1. The van der Waals surface area contributed by atoms with E-state index >= 15 is 0 Å². The normalized spacial score (nSPS) is 11.0. The minimum Gasteiger partial charge on any atom is -0.458 e. The SMILES string of the molecule is CCC(CC)n1ccc(COC(=O)Cn2ccc(N)n2)n1. The fourth-order valence-electron chi connectivity index (χ4n) is 2.12. The molecule has 0 saturated heterocycles. The largest absolute Gasteiger partial charge is 0.458 e. The molecule has 2 N–H and O–H groups in total. The third-order valence-corrected chi connectivity index (χ3v) is 3.31. The van der Waals surface area contributed by atoms with Crippen molar-refractivity contribution in [1.82, 2.24) is 19.6 Å². The Kier molecular flexibility index (Phi) is 4.97. The summed E-state index contributed by atoms with van der Waals surface area (Å²) in [5, 5.41) is 8.36. The molecule has 7 nitrogen and oxygen atoms in total. The summed E-state index contributed by atoms with van der Waals surface area (Å²) in [6.45, 7) is 4.48. The summed E-state index contributed by atoms with van der Waals surface area (Å²) in [6, 6.07) is 3.89. The number of ether oxygens (including phenoxy) is 1. The Morgan fingerprint density at radius 3 is 2.67 bits per heavy atom. The van der Waals surface area contributed by atoms with Crippen LogP contribution in [0.15, 0.2) is 24.5 Å². The van der Waals surface area contributed by atoms with E-state index in [2.05, 4.69) is 24.0 Å². The summed E-state index contributed by atoms with van der Waals surface area (Å²) in [6.07, 6.45) is 5.61. The molecule has 0 saturated carbocycles. The molecule has 0 aliphatic rings. The van der Waals surface area contributed by atoms with E-state index in [1.165, 1.54) is 4.68 Å². The molecular weight excluding hydrogens is 270 g/mol. The van der Waals surface area contributed by atoms with Gasteiger partial charge in [-0.3, -0.25) is 14.2 Å². The number of hydrogen-bond donors (Lipinski definition) is 1. The zero-order valence-corrected chi connectivity index (χ0v) is 12.4. The van der Waals surface area contributed by atoms with Crippen molar-refractivity contribution < 1.29 is 9.53 Å². The number of hydrogen-bond acceptors (Lipinski definition) is 5. The topological polar surface area (TPSA) is 88.0 Å². The van der Waals surface area contributed by atoms with Gasteiger partial charge in [-0.25, -0.2) is 0 Å². The monoisotopic (exact) mass is 291 g/mol. The van der Waals surface area contributed by atoms with Crippen LogP contribution in [-0.2, 0) is 22.7 Å². The standard InChI is InChI=1S/C14H21N5O2/c1-3-12(4-2)19-8-5-11(16-19)10-21-14(20)9-18-7-6-13(15)17-18/h5-8,12H,3-4,9-10H2,1-2H3,(H2,15,17). The summed E-state index contributed by atoms with van der Waals surface area (Å²) < 4.78 is 8.56. The minimum absolute atomic E-state index is 0.0461. The summed E-state index contributed by atoms with van der Waals surface area (Å²) >= 11 is 0. The number of carbonyl (C=O) groups excluding carboxylic acids is 1. The molecule has 114 valence electrons. The molecule has 0 unspecified atom stereocenters. The zero-order valence-electron chi connectivity index (χ0n) is 12.4. The van der Waals surface area contributed by atoms with Crippen LogP contribution in [0.25, 0.3) is 0 Å². The molecule has 0 spiro atoms. The quantitative estimate of drug-likeness (QED) is 0.785. The van der Waals surface area contributed by atoms with Gasteiger partial charge in [0.2, 0.25) is 0 Å². The van der Waals surface area contributed by atoms with Crippen LogP contribution in [0.1, 0.15) is 38.4 Å². The van der Waals surface area contributed by atoms with Gasteiger partial charge in [-0.15, -0.1) is 0 Å². The maximum absolute atomic E-state index is 11.7. The van der Waals surface area contributed by atoms with Crippen molar-refractivity contribution in [2.45, 2.75) is 45.9 Å². The Bertz CT molecular complexity index is 586. The van der Waals surface area contributed by atoms with Crippen molar-refractivity contribution in [2.24, 2.45) is 0 Å². The predicted molar refractivity (Wildman–Crippen MR) is 78.3 cm³/mol. The van der Waals surface area contributed by atoms with Gasteiger partial charge in [0.1, 0.15) is 19.0 Å². The van der Waals surface area contributed by atoms with Crippen LogP contribution in [0.2, 0.25) is 0 Å². The molecule has 2 heterocycles. The average Bonchev–Trinajstić information content (AvgIpc) is 3.08. The van der Waals surface area contributed by atoms with E-state index in [0.29, 0.717) is 11.9 Å². The van der Waals surface area contributed by atoms with Crippen molar-refractivity contribution in [3.8, 4) is 0 Å². The molecule has 2 rings (SSSR count). The summed E-state index contributed by atoms with van der Waals surface area (Å²) in [5.41, 5.74) is 6.23. The smallest absolute Gasteiger partial charge is 0.328 e. The maximum atomic E-state index is 11.7. The second-order valence-corrected chi connectivity index (χ2v) is 4.86. The van der Waals surface area contributed by atoms with Crippen LogP contribution in [0.4, 0.5) is 5.82 Å². The lowest BCUT2D eigenvalue weighted by molar-refractivity contribution is -0.146. The van der Waals surface area contributed by atoms with Crippen LogP contribution < -0.4 is 5.73 Å². The Morgan fingerprint density at radius 2 is 2.05 bits per heavy atom. The lowest BCUT2D eigenvalue weighted by Crippen LogP contribution is -2.14. The number of carbonyl (C=O) groups is 1. The van der Waals surface area contributed by atoms with Gasteiger partial charge in [0.15, 0.2) is 0 Å². The molecular formula is C14H21N5O2. The number of nitrogens with zero attached hydrogens (tertiary/aromatic N) is 4. The summed E-state index contributed by atoms with van der Waals surface area (Å²) in [4.78, 5) is 11.7. The molecule has 0 amide bonds. The van der Waals surface area contributed by atoms with E-state index < -0.39 is 0 Å². The van der Waals surface area contributed by atoms with E-state index in [1.807, 2.05) is 16.9 Å². The lowest BCUT2D eigenvalue weighted by Gasteiger charge is -2.12. The second kappa shape index (κ2) is 6.92. The van der Waals surface area contributed by atoms with Gasteiger partial charge in [-0.05, 0) is 25.0 Å². The first kappa shape index (κ1) is 15.1. The van der Waals surface area contributed by atoms with Crippen LogP contribution in [0.3, 0.4) is 0 Å². The molecule has 0 atom stereocenters. The molecule has 2 aromatic rings. The summed E-state index contributed by atoms with van der Waals surface area (Å²) in [7, 11) is 0. The summed E-state index contributed by atoms with van der Waals surface area (Å²) in [5.74, 6) is 0.0156. The van der Waals surface area contributed by atoms with Crippen molar-refractivity contribution in [2.75, 3.05) is 5.73 Å². The van der Waals surface area contributed by atoms with Crippen LogP contribution in [0.5, 0.6) is 0 Å². The first-order valence-electron chi connectivity index (χ1n) is 7.11. The zero-order chi connectivity index (χ0) is 15.2. The highest BCUT2D eigenvalue weighted by atomic mass is 16.5. The van der Waals surface area contributed by atoms with E-state index in [0.717, 1.165) is 18.5 Å². The maximum Gasteiger partial charge on any atom is 0.328 e. The number of nitrogen functional groups attached to an aromatic ring is 1. The third kappa shape index (κ3) is 4.08. The van der Waals surface area contributed by atoms with E-state index in [1.54, 1.807) is 12.3 Å². The van der Waals surface area contributed by atoms with Gasteiger partial charge in [0.05, 0.1) is 11.7 Å². The Labute approximate surface area is 123 Å². The molecule has 0 radical (unpaired) electrons. The first-order chi connectivity index (χ1) is 10.1. The second-order valence-electron chi connectivity index (χ2n) is 4.86. The third-order valence-electron chi connectivity index (χ3n) is 3.31. The van der Waals surface area contributed by atoms with E-state index in [4.69, 9.17) is 10.5 Å². The van der Waals surface area contributed by atoms with Gasteiger partial charge in [0.25, 0.3) is 0 Å². The number of esters is 1. The molecule has 0 aromatic carbocycles. The van der Waals surface area contributed by atoms with Crippen molar-refractivity contribution >= 4 is 11.8 Å². The highest BCUT2D eigenvalue weighted by molar-refractivity contribution is 5.69. The molecule has 0 bridgehead atoms. The van der Waals surface area contributed by atoms with Crippen LogP contribution in [-0.4, -0.2) is 25.5 Å². The van der Waals surface area contributed by atoms with Gasteiger partial charge < -0.3 is 10.5 Å². The fourth-order valence-corrected chi connectivity index (χ4v) is 2.12. The molecule has 7 heteroatoms. The minimum atomic E-state index is -0.366. The van der Waals surface area contributed by atoms with Crippen molar-refractivity contribution in [3.05, 3.63) is 30.2 Å². The van der Waals surface area contributed by atoms with Crippen molar-refractivity contribution in [1.29, 1.82) is 0 Å². The highest BCUT2D eigenvalue weighted by Crippen LogP contribution is 2.14. The Hall–Kier alpha value is -2.31. The molecule has 2 aromatic heterocycles.